The summed E-state index contributed by atoms with van der Waals surface area (Å²) in [5, 5.41) is 0. The minimum absolute atomic E-state index is 0.201. The minimum atomic E-state index is -2.59. The van der Waals surface area contributed by atoms with Gasteiger partial charge in [0.15, 0.2) is 0 Å². The maximum absolute atomic E-state index is 11.3. The van der Waals surface area contributed by atoms with Crippen molar-refractivity contribution in [2.75, 3.05) is 6.61 Å². The summed E-state index contributed by atoms with van der Waals surface area (Å²) < 4.78 is 27.0. The average Bonchev–Trinajstić information content (AvgIpc) is 1.85. The van der Waals surface area contributed by atoms with Crippen LogP contribution >= 0.6 is 0 Å². The molecule has 0 saturated heterocycles. The van der Waals surface area contributed by atoms with Gasteiger partial charge in [-0.2, -0.15) is 0 Å². The van der Waals surface area contributed by atoms with Crippen LogP contribution in [0.25, 0.3) is 0 Å². The summed E-state index contributed by atoms with van der Waals surface area (Å²) in [5.41, 5.74) is 0. The van der Waals surface area contributed by atoms with Crippen molar-refractivity contribution in [1.82, 2.24) is 0 Å². The second-order valence-corrected chi connectivity index (χ2v) is 1.45. The lowest BCUT2D eigenvalue weighted by Crippen LogP contribution is -1.99. The molecule has 0 aliphatic rings. The molecule has 0 unspecified atom stereocenters. The number of alkyl halides is 2. The molecule has 0 aromatic rings. The summed E-state index contributed by atoms with van der Waals surface area (Å²) in [6.45, 7) is 1.81. The molecule has 0 atom stereocenters. The van der Waals surface area contributed by atoms with Crippen molar-refractivity contribution in [3.05, 3.63) is 12.2 Å². The van der Waals surface area contributed by atoms with Gasteiger partial charge in [0, 0.05) is 6.08 Å². The maximum Gasteiger partial charge on any atom is 0.330 e. The first kappa shape index (κ1) is 9.07. The van der Waals surface area contributed by atoms with Crippen LogP contribution < -0.4 is 0 Å². The molecule has 0 aromatic carbocycles. The van der Waals surface area contributed by atoms with Crippen LogP contribution in [0, 0.1) is 0 Å². The van der Waals surface area contributed by atoms with Crippen molar-refractivity contribution < 1.29 is 18.3 Å². The molecule has 0 N–H and O–H groups in total. The van der Waals surface area contributed by atoms with E-state index in [4.69, 9.17) is 0 Å². The number of esters is 1. The molecule has 0 amide bonds. The molecular weight excluding hydrogens is 142 g/mol. The lowest BCUT2D eigenvalue weighted by Gasteiger charge is -1.93. The summed E-state index contributed by atoms with van der Waals surface area (Å²) in [7, 11) is 0. The zero-order valence-corrected chi connectivity index (χ0v) is 5.51. The fourth-order valence-corrected chi connectivity index (χ4v) is 0.342. The highest BCUT2D eigenvalue weighted by Crippen LogP contribution is 1.93. The van der Waals surface area contributed by atoms with Gasteiger partial charge in [0.25, 0.3) is 6.43 Å². The Bertz CT molecular complexity index is 132. The van der Waals surface area contributed by atoms with Crippen LogP contribution in [0.2, 0.25) is 0 Å². The van der Waals surface area contributed by atoms with E-state index in [0.29, 0.717) is 12.2 Å². The van der Waals surface area contributed by atoms with E-state index in [2.05, 4.69) is 4.74 Å². The standard InChI is InChI=1S/C6H8F2O2/c1-2-10-6(9)4-3-5(7)8/h3-5H,2H2,1H3/b4-3-. The van der Waals surface area contributed by atoms with Crippen LogP contribution in [0.3, 0.4) is 0 Å². The second-order valence-electron chi connectivity index (χ2n) is 1.45. The Morgan fingerprint density at radius 2 is 2.30 bits per heavy atom. The van der Waals surface area contributed by atoms with Gasteiger partial charge < -0.3 is 4.74 Å². The van der Waals surface area contributed by atoms with Crippen LogP contribution in [-0.2, 0) is 9.53 Å². The van der Waals surface area contributed by atoms with Gasteiger partial charge in [-0.05, 0) is 13.0 Å². The molecule has 0 rings (SSSR count). The normalized spacial score (nSPS) is 10.8. The third kappa shape index (κ3) is 5.21. The molecule has 0 saturated carbocycles. The number of hydrogen-bond acceptors (Lipinski definition) is 2. The van der Waals surface area contributed by atoms with E-state index in [1.807, 2.05) is 0 Å². The molecular formula is C6H8F2O2. The zero-order chi connectivity index (χ0) is 7.98. The quantitative estimate of drug-likeness (QED) is 0.448. The zero-order valence-electron chi connectivity index (χ0n) is 5.51. The molecule has 0 aliphatic carbocycles. The first-order chi connectivity index (χ1) is 4.66. The lowest BCUT2D eigenvalue weighted by molar-refractivity contribution is -0.137. The topological polar surface area (TPSA) is 26.3 Å². The molecule has 0 spiro atoms. The Labute approximate surface area is 57.5 Å². The van der Waals surface area contributed by atoms with Gasteiger partial charge in [-0.3, -0.25) is 0 Å². The molecule has 0 aromatic heterocycles. The average molecular weight is 150 g/mol. The lowest BCUT2D eigenvalue weighted by atomic mass is 10.5. The van der Waals surface area contributed by atoms with Gasteiger partial charge in [0.2, 0.25) is 0 Å². The van der Waals surface area contributed by atoms with E-state index < -0.39 is 12.4 Å². The van der Waals surface area contributed by atoms with Crippen molar-refractivity contribution >= 4 is 5.97 Å². The van der Waals surface area contributed by atoms with E-state index in [9.17, 15) is 13.6 Å². The molecule has 58 valence electrons. The highest BCUT2D eigenvalue weighted by molar-refractivity contribution is 5.81. The van der Waals surface area contributed by atoms with Gasteiger partial charge in [0.1, 0.15) is 0 Å². The van der Waals surface area contributed by atoms with E-state index in [0.717, 1.165) is 0 Å². The Kier molecular flexibility index (Phi) is 4.45. The summed E-state index contributed by atoms with van der Waals surface area (Å²) in [6.07, 6.45) is -1.39. The van der Waals surface area contributed by atoms with E-state index in [-0.39, 0.29) is 6.61 Å². The van der Waals surface area contributed by atoms with Crippen LogP contribution in [0.4, 0.5) is 8.78 Å². The SMILES string of the molecule is CCOC(=O)/C=C\C(F)F. The van der Waals surface area contributed by atoms with Crippen LogP contribution in [-0.4, -0.2) is 19.0 Å². The Morgan fingerprint density at radius 1 is 1.70 bits per heavy atom. The van der Waals surface area contributed by atoms with Gasteiger partial charge >= 0.3 is 5.97 Å². The first-order valence-corrected chi connectivity index (χ1v) is 2.80. The smallest absolute Gasteiger partial charge is 0.330 e. The molecule has 0 heterocycles. The molecule has 0 radical (unpaired) electrons. The Morgan fingerprint density at radius 3 is 2.70 bits per heavy atom. The van der Waals surface area contributed by atoms with Gasteiger partial charge in [-0.1, -0.05) is 0 Å². The third-order valence-electron chi connectivity index (χ3n) is 0.664. The number of carbonyl (C=O) groups excluding carboxylic acids is 1. The van der Waals surface area contributed by atoms with Crippen LogP contribution in [0.1, 0.15) is 6.92 Å². The van der Waals surface area contributed by atoms with Crippen molar-refractivity contribution in [2.24, 2.45) is 0 Å². The van der Waals surface area contributed by atoms with Crippen molar-refractivity contribution in [3.63, 3.8) is 0 Å². The van der Waals surface area contributed by atoms with E-state index >= 15 is 0 Å². The van der Waals surface area contributed by atoms with Gasteiger partial charge in [-0.25, -0.2) is 13.6 Å². The third-order valence-corrected chi connectivity index (χ3v) is 0.664. The number of ether oxygens (including phenoxy) is 1. The van der Waals surface area contributed by atoms with E-state index in [1.54, 1.807) is 6.92 Å². The monoisotopic (exact) mass is 150 g/mol. The minimum Gasteiger partial charge on any atom is -0.463 e. The van der Waals surface area contributed by atoms with Crippen molar-refractivity contribution in [1.29, 1.82) is 0 Å². The van der Waals surface area contributed by atoms with Crippen LogP contribution in [0.5, 0.6) is 0 Å². The number of halogens is 2. The Hall–Kier alpha value is -0.930. The van der Waals surface area contributed by atoms with Gasteiger partial charge in [0.05, 0.1) is 6.61 Å². The molecule has 10 heavy (non-hydrogen) atoms. The Balaban J connectivity index is 3.56. The summed E-state index contributed by atoms with van der Waals surface area (Å²) in [6, 6.07) is 0. The number of carbonyl (C=O) groups is 1. The second kappa shape index (κ2) is 4.90. The van der Waals surface area contributed by atoms with Crippen LogP contribution in [0.15, 0.2) is 12.2 Å². The number of rotatable bonds is 3. The molecule has 0 fully saturated rings. The fourth-order valence-electron chi connectivity index (χ4n) is 0.342. The predicted octanol–water partition coefficient (Wildman–Crippen LogP) is 1.37. The van der Waals surface area contributed by atoms with Crippen molar-refractivity contribution in [3.8, 4) is 0 Å². The van der Waals surface area contributed by atoms with Gasteiger partial charge in [-0.15, -0.1) is 0 Å². The molecule has 2 nitrogen and oxygen atoms in total. The number of allylic oxidation sites excluding steroid dienone is 1. The maximum atomic E-state index is 11.3. The fraction of sp³-hybridized carbons (Fsp3) is 0.500. The highest BCUT2D eigenvalue weighted by Gasteiger charge is 1.97. The largest absolute Gasteiger partial charge is 0.463 e. The molecule has 0 aliphatic heterocycles. The predicted molar refractivity (Wildman–Crippen MR) is 31.8 cm³/mol. The summed E-state index contributed by atoms with van der Waals surface area (Å²) in [4.78, 5) is 10.3. The van der Waals surface area contributed by atoms with Crippen molar-refractivity contribution in [2.45, 2.75) is 13.3 Å². The highest BCUT2D eigenvalue weighted by atomic mass is 19.3. The first-order valence-electron chi connectivity index (χ1n) is 2.80. The summed E-state index contributed by atoms with van der Waals surface area (Å²) >= 11 is 0. The molecule has 4 heteroatoms. The molecule has 0 bridgehead atoms. The van der Waals surface area contributed by atoms with E-state index in [1.165, 1.54) is 0 Å². The number of hydrogen-bond donors (Lipinski definition) is 0. The summed E-state index contributed by atoms with van der Waals surface area (Å²) in [5.74, 6) is -0.734.